The maximum atomic E-state index is 12.2. The minimum Gasteiger partial charge on any atom is -0.330 e. The second-order valence-corrected chi connectivity index (χ2v) is 6.11. The normalized spacial score (nSPS) is 23.6. The van der Waals surface area contributed by atoms with Crippen molar-refractivity contribution in [2.45, 2.75) is 39.0 Å². The predicted octanol–water partition coefficient (Wildman–Crippen LogP) is 2.58. The van der Waals surface area contributed by atoms with Gasteiger partial charge < -0.3 is 11.1 Å². The Hall–Kier alpha value is -0.940. The summed E-state index contributed by atoms with van der Waals surface area (Å²) >= 11 is 1.50. The molecule has 1 fully saturated rings. The number of carbonyl (C=O) groups is 1. The Labute approximate surface area is 112 Å². The van der Waals surface area contributed by atoms with Crippen molar-refractivity contribution >= 4 is 22.4 Å². The molecule has 0 unspecified atom stereocenters. The summed E-state index contributed by atoms with van der Waals surface area (Å²) in [6.07, 6.45) is 3.13. The van der Waals surface area contributed by atoms with Crippen LogP contribution in [0, 0.1) is 11.8 Å². The lowest BCUT2D eigenvalue weighted by molar-refractivity contribution is -0.120. The lowest BCUT2D eigenvalue weighted by atomic mass is 9.95. The molecule has 100 valence electrons. The molecule has 4 nitrogen and oxygen atoms in total. The molecule has 1 aliphatic carbocycles. The Bertz CT molecular complexity index is 416. The van der Waals surface area contributed by atoms with Gasteiger partial charge in [0.25, 0.3) is 0 Å². The van der Waals surface area contributed by atoms with Gasteiger partial charge in [0.1, 0.15) is 0 Å². The van der Waals surface area contributed by atoms with Gasteiger partial charge in [-0.15, -0.1) is 11.3 Å². The SMILES string of the molecule is CC(C)c1csc(NC(=O)[C@@H]2CCC[C@@H]2CN)n1. The number of thiazole rings is 1. The van der Waals surface area contributed by atoms with Crippen molar-refractivity contribution in [1.82, 2.24) is 4.98 Å². The number of hydrogen-bond acceptors (Lipinski definition) is 4. The van der Waals surface area contributed by atoms with Gasteiger partial charge in [0, 0.05) is 11.3 Å². The van der Waals surface area contributed by atoms with E-state index in [-0.39, 0.29) is 11.8 Å². The highest BCUT2D eigenvalue weighted by Crippen LogP contribution is 2.32. The molecule has 0 aromatic carbocycles. The zero-order valence-corrected chi connectivity index (χ0v) is 11.8. The summed E-state index contributed by atoms with van der Waals surface area (Å²) in [6.45, 7) is 4.80. The average Bonchev–Trinajstić information content (AvgIpc) is 2.96. The molecule has 0 radical (unpaired) electrons. The summed E-state index contributed by atoms with van der Waals surface area (Å²) in [5.41, 5.74) is 6.75. The molecule has 1 saturated carbocycles. The second kappa shape index (κ2) is 5.80. The number of nitrogens with one attached hydrogen (secondary N) is 1. The van der Waals surface area contributed by atoms with Gasteiger partial charge in [-0.25, -0.2) is 4.98 Å². The third kappa shape index (κ3) is 2.90. The van der Waals surface area contributed by atoms with E-state index in [1.165, 1.54) is 11.3 Å². The molecule has 1 aromatic rings. The van der Waals surface area contributed by atoms with Crippen LogP contribution in [0.2, 0.25) is 0 Å². The predicted molar refractivity (Wildman–Crippen MR) is 74.7 cm³/mol. The lowest BCUT2D eigenvalue weighted by Crippen LogP contribution is -2.29. The smallest absolute Gasteiger partial charge is 0.229 e. The first-order valence-electron chi connectivity index (χ1n) is 6.58. The van der Waals surface area contributed by atoms with Crippen molar-refractivity contribution in [3.8, 4) is 0 Å². The largest absolute Gasteiger partial charge is 0.330 e. The van der Waals surface area contributed by atoms with Crippen LogP contribution in [0.3, 0.4) is 0 Å². The number of nitrogens with two attached hydrogens (primary N) is 1. The van der Waals surface area contributed by atoms with Crippen molar-refractivity contribution in [3.63, 3.8) is 0 Å². The van der Waals surface area contributed by atoms with Gasteiger partial charge in [-0.1, -0.05) is 20.3 Å². The summed E-state index contributed by atoms with van der Waals surface area (Å²) in [7, 11) is 0. The maximum absolute atomic E-state index is 12.2. The van der Waals surface area contributed by atoms with Gasteiger partial charge in [-0.3, -0.25) is 4.79 Å². The molecule has 18 heavy (non-hydrogen) atoms. The Morgan fingerprint density at radius 3 is 3.00 bits per heavy atom. The van der Waals surface area contributed by atoms with Gasteiger partial charge in [0.05, 0.1) is 5.69 Å². The molecule has 1 aromatic heterocycles. The fourth-order valence-electron chi connectivity index (χ4n) is 2.47. The number of carbonyl (C=O) groups excluding carboxylic acids is 1. The molecule has 5 heteroatoms. The second-order valence-electron chi connectivity index (χ2n) is 5.25. The Morgan fingerprint density at radius 1 is 1.61 bits per heavy atom. The van der Waals surface area contributed by atoms with Crippen molar-refractivity contribution in [2.75, 3.05) is 11.9 Å². The molecule has 0 aliphatic heterocycles. The highest BCUT2D eigenvalue weighted by Gasteiger charge is 2.32. The monoisotopic (exact) mass is 267 g/mol. The van der Waals surface area contributed by atoms with E-state index in [1.807, 2.05) is 5.38 Å². The molecule has 0 bridgehead atoms. The first kappa shape index (κ1) is 13.5. The van der Waals surface area contributed by atoms with Gasteiger partial charge >= 0.3 is 0 Å². The maximum Gasteiger partial charge on any atom is 0.229 e. The molecule has 1 amide bonds. The van der Waals surface area contributed by atoms with Gasteiger partial charge in [0.2, 0.25) is 5.91 Å². The molecule has 1 aliphatic rings. The minimum atomic E-state index is 0.0707. The standard InChI is InChI=1S/C13H21N3OS/c1-8(2)11-7-18-13(15-11)16-12(17)10-5-3-4-9(10)6-14/h7-10H,3-6,14H2,1-2H3,(H,15,16,17)/t9-,10-/m1/s1. The Morgan fingerprint density at radius 2 is 2.39 bits per heavy atom. The van der Waals surface area contributed by atoms with E-state index in [9.17, 15) is 4.79 Å². The zero-order valence-electron chi connectivity index (χ0n) is 11.0. The van der Waals surface area contributed by atoms with E-state index in [0.717, 1.165) is 25.0 Å². The van der Waals surface area contributed by atoms with Crippen LogP contribution in [0.1, 0.15) is 44.7 Å². The highest BCUT2D eigenvalue weighted by molar-refractivity contribution is 7.13. The number of nitrogens with zero attached hydrogens (tertiary/aromatic N) is 1. The molecular formula is C13H21N3OS. The third-order valence-corrected chi connectivity index (χ3v) is 4.42. The van der Waals surface area contributed by atoms with Gasteiger partial charge in [-0.2, -0.15) is 0 Å². The Kier molecular flexibility index (Phi) is 4.35. The average molecular weight is 267 g/mol. The van der Waals surface area contributed by atoms with Gasteiger partial charge in [0.15, 0.2) is 5.13 Å². The van der Waals surface area contributed by atoms with E-state index >= 15 is 0 Å². The molecule has 2 atom stereocenters. The first-order valence-corrected chi connectivity index (χ1v) is 7.46. The van der Waals surface area contributed by atoms with Crippen molar-refractivity contribution in [2.24, 2.45) is 17.6 Å². The quantitative estimate of drug-likeness (QED) is 0.881. The number of aromatic nitrogens is 1. The minimum absolute atomic E-state index is 0.0707. The fraction of sp³-hybridized carbons (Fsp3) is 0.692. The number of anilines is 1. The molecule has 3 N–H and O–H groups in total. The lowest BCUT2D eigenvalue weighted by Gasteiger charge is -2.16. The third-order valence-electron chi connectivity index (χ3n) is 3.64. The van der Waals surface area contributed by atoms with Crippen LogP contribution in [0.15, 0.2) is 5.38 Å². The zero-order chi connectivity index (χ0) is 13.1. The van der Waals surface area contributed by atoms with Crippen LogP contribution in [0.25, 0.3) is 0 Å². The van der Waals surface area contributed by atoms with Crippen LogP contribution in [-0.4, -0.2) is 17.4 Å². The fourth-order valence-corrected chi connectivity index (χ4v) is 3.35. The summed E-state index contributed by atoms with van der Waals surface area (Å²) in [5.74, 6) is 0.902. The molecule has 0 saturated heterocycles. The van der Waals surface area contributed by atoms with Crippen molar-refractivity contribution in [1.29, 1.82) is 0 Å². The summed E-state index contributed by atoms with van der Waals surface area (Å²) in [4.78, 5) is 16.6. The van der Waals surface area contributed by atoms with Crippen LogP contribution in [-0.2, 0) is 4.79 Å². The molecule has 1 heterocycles. The van der Waals surface area contributed by atoms with E-state index in [4.69, 9.17) is 5.73 Å². The van der Waals surface area contributed by atoms with E-state index in [0.29, 0.717) is 23.5 Å². The van der Waals surface area contributed by atoms with E-state index in [2.05, 4.69) is 24.1 Å². The van der Waals surface area contributed by atoms with Crippen molar-refractivity contribution < 1.29 is 4.79 Å². The van der Waals surface area contributed by atoms with E-state index in [1.54, 1.807) is 0 Å². The summed E-state index contributed by atoms with van der Waals surface area (Å²) < 4.78 is 0. The number of hydrogen-bond donors (Lipinski definition) is 2. The van der Waals surface area contributed by atoms with Crippen LogP contribution < -0.4 is 11.1 Å². The molecule has 0 spiro atoms. The van der Waals surface area contributed by atoms with Gasteiger partial charge in [-0.05, 0) is 31.2 Å². The van der Waals surface area contributed by atoms with Crippen molar-refractivity contribution in [3.05, 3.63) is 11.1 Å². The topological polar surface area (TPSA) is 68.0 Å². The summed E-state index contributed by atoms with van der Waals surface area (Å²) in [6, 6.07) is 0. The highest BCUT2D eigenvalue weighted by atomic mass is 32.1. The number of amides is 1. The first-order chi connectivity index (χ1) is 8.61. The Balaban J connectivity index is 1.98. The van der Waals surface area contributed by atoms with Crippen LogP contribution in [0.4, 0.5) is 5.13 Å². The molecule has 2 rings (SSSR count). The van der Waals surface area contributed by atoms with Crippen LogP contribution in [0.5, 0.6) is 0 Å². The van der Waals surface area contributed by atoms with E-state index < -0.39 is 0 Å². The number of rotatable bonds is 4. The van der Waals surface area contributed by atoms with Crippen LogP contribution >= 0.6 is 11.3 Å². The molecular weight excluding hydrogens is 246 g/mol. The summed E-state index contributed by atoms with van der Waals surface area (Å²) in [5, 5.41) is 5.66.